The van der Waals surface area contributed by atoms with Gasteiger partial charge in [-0.25, -0.2) is 0 Å². The van der Waals surface area contributed by atoms with Gasteiger partial charge in [-0.15, -0.1) is 0 Å². The molecule has 6 nitrogen and oxygen atoms in total. The molecule has 302 valence electrons. The van der Waals surface area contributed by atoms with Crippen LogP contribution >= 0.6 is 0 Å². The number of nitrogens with two attached hydrogens (primary N) is 1. The minimum atomic E-state index is 0.0414. The lowest BCUT2D eigenvalue weighted by Gasteiger charge is -2.32. The summed E-state index contributed by atoms with van der Waals surface area (Å²) in [5.74, 6) is 0. The standard InChI is InChI=1S/C56H48N6/c1-40(41-12-22-46(57)23-13-41)62(55-36-32-53(33-37-55)60-51-28-18-44(19-29-51)42-14-24-49(25-15-42)58-47-8-4-2-5-9-47)56-38-34-54(35-39-56)61-52-30-20-45(21-31-52)43-16-26-50(27-17-43)59-48-10-6-3-7-11-48/h2-40,58-61H,57H2,1H3. The Bertz CT molecular complexity index is 2620. The maximum absolute atomic E-state index is 6.09. The predicted octanol–water partition coefficient (Wildman–Crippen LogP) is 15.5. The van der Waals surface area contributed by atoms with Gasteiger partial charge >= 0.3 is 0 Å². The van der Waals surface area contributed by atoms with Crippen LogP contribution in [0.15, 0.2) is 231 Å². The van der Waals surface area contributed by atoms with Crippen LogP contribution in [0.1, 0.15) is 18.5 Å². The number of hydrogen-bond donors (Lipinski definition) is 5. The molecule has 0 aromatic heterocycles. The first kappa shape index (κ1) is 39.3. The van der Waals surface area contributed by atoms with Crippen LogP contribution in [0, 0.1) is 0 Å². The fourth-order valence-electron chi connectivity index (χ4n) is 7.62. The normalized spacial score (nSPS) is 11.3. The molecule has 0 amide bonds. The van der Waals surface area contributed by atoms with Crippen molar-refractivity contribution in [1.29, 1.82) is 0 Å². The molecule has 1 unspecified atom stereocenters. The quantitative estimate of drug-likeness (QED) is 0.0705. The molecule has 0 heterocycles. The number of hydrogen-bond acceptors (Lipinski definition) is 6. The molecule has 0 saturated carbocycles. The van der Waals surface area contributed by atoms with Crippen LogP contribution in [0.2, 0.25) is 0 Å². The molecule has 9 aromatic carbocycles. The van der Waals surface area contributed by atoms with E-state index >= 15 is 0 Å². The van der Waals surface area contributed by atoms with E-state index in [2.05, 4.69) is 215 Å². The first-order valence-electron chi connectivity index (χ1n) is 20.9. The highest BCUT2D eigenvalue weighted by atomic mass is 15.2. The maximum atomic E-state index is 6.09. The fraction of sp³-hybridized carbons (Fsp3) is 0.0357. The molecule has 0 saturated heterocycles. The largest absolute Gasteiger partial charge is 0.399 e. The molecule has 0 spiro atoms. The molecule has 1 atom stereocenters. The lowest BCUT2D eigenvalue weighted by atomic mass is 10.0. The number of para-hydroxylation sites is 2. The third kappa shape index (κ3) is 9.63. The second kappa shape index (κ2) is 18.4. The van der Waals surface area contributed by atoms with E-state index in [-0.39, 0.29) is 6.04 Å². The van der Waals surface area contributed by atoms with Crippen molar-refractivity contribution in [3.63, 3.8) is 0 Å². The summed E-state index contributed by atoms with van der Waals surface area (Å²) in [5.41, 5.74) is 23.2. The second-order valence-electron chi connectivity index (χ2n) is 15.3. The number of nitrogens with one attached hydrogen (secondary N) is 4. The third-order valence-corrected chi connectivity index (χ3v) is 11.0. The molecule has 0 bridgehead atoms. The van der Waals surface area contributed by atoms with Crippen LogP contribution in [-0.2, 0) is 0 Å². The van der Waals surface area contributed by atoms with Crippen LogP contribution < -0.4 is 31.9 Å². The first-order valence-corrected chi connectivity index (χ1v) is 20.9. The van der Waals surface area contributed by atoms with Gasteiger partial charge in [-0.2, -0.15) is 0 Å². The molecule has 6 heteroatoms. The Labute approximate surface area is 364 Å². The van der Waals surface area contributed by atoms with E-state index < -0.39 is 0 Å². The Morgan fingerprint density at radius 3 is 0.855 bits per heavy atom. The number of nitrogen functional groups attached to an aromatic ring is 1. The molecule has 0 radical (unpaired) electrons. The molecule has 6 N–H and O–H groups in total. The van der Waals surface area contributed by atoms with Crippen LogP contribution in [0.3, 0.4) is 0 Å². The van der Waals surface area contributed by atoms with Gasteiger partial charge in [-0.3, -0.25) is 0 Å². The molecule has 9 rings (SSSR count). The van der Waals surface area contributed by atoms with Crippen LogP contribution in [0.5, 0.6) is 0 Å². The van der Waals surface area contributed by atoms with Crippen molar-refractivity contribution >= 4 is 62.6 Å². The summed E-state index contributed by atoms with van der Waals surface area (Å²) in [4.78, 5) is 2.37. The van der Waals surface area contributed by atoms with Crippen molar-refractivity contribution in [1.82, 2.24) is 0 Å². The predicted molar refractivity (Wildman–Crippen MR) is 264 cm³/mol. The SMILES string of the molecule is CC(c1ccc(N)cc1)N(c1ccc(Nc2ccc(-c3ccc(Nc4ccccc4)cc3)cc2)cc1)c1ccc(Nc2ccc(-c3ccc(Nc4ccccc4)cc3)cc2)cc1. The van der Waals surface area contributed by atoms with Crippen LogP contribution in [0.4, 0.5) is 62.6 Å². The zero-order valence-corrected chi connectivity index (χ0v) is 34.5. The summed E-state index contributed by atoms with van der Waals surface area (Å²) >= 11 is 0. The molecule has 9 aromatic rings. The Morgan fingerprint density at radius 1 is 0.306 bits per heavy atom. The van der Waals surface area contributed by atoms with Crippen molar-refractivity contribution < 1.29 is 0 Å². The maximum Gasteiger partial charge on any atom is 0.0563 e. The van der Waals surface area contributed by atoms with E-state index in [9.17, 15) is 0 Å². The fourth-order valence-corrected chi connectivity index (χ4v) is 7.62. The smallest absolute Gasteiger partial charge is 0.0563 e. The Hall–Kier alpha value is -8.22. The minimum absolute atomic E-state index is 0.0414. The summed E-state index contributed by atoms with van der Waals surface area (Å²) in [6, 6.07) is 80.1. The van der Waals surface area contributed by atoms with E-state index in [1.54, 1.807) is 0 Å². The van der Waals surface area contributed by atoms with E-state index in [1.165, 1.54) is 27.8 Å². The molecule has 0 fully saturated rings. The van der Waals surface area contributed by atoms with Gasteiger partial charge in [-0.05, 0) is 168 Å². The highest BCUT2D eigenvalue weighted by Gasteiger charge is 2.19. The average molecular weight is 805 g/mol. The summed E-state index contributed by atoms with van der Waals surface area (Å²) in [6.45, 7) is 2.23. The number of rotatable bonds is 14. The zero-order chi connectivity index (χ0) is 42.1. The number of benzene rings is 9. The van der Waals surface area contributed by atoms with Crippen molar-refractivity contribution in [2.24, 2.45) is 0 Å². The van der Waals surface area contributed by atoms with Gasteiger partial charge in [0.05, 0.1) is 6.04 Å². The summed E-state index contributed by atoms with van der Waals surface area (Å²) < 4.78 is 0. The van der Waals surface area contributed by atoms with Gasteiger partial charge in [-0.1, -0.05) is 97.1 Å². The van der Waals surface area contributed by atoms with Crippen molar-refractivity contribution in [3.8, 4) is 22.3 Å². The lowest BCUT2D eigenvalue weighted by molar-refractivity contribution is 0.774. The molecule has 0 aliphatic rings. The zero-order valence-electron chi connectivity index (χ0n) is 34.5. The van der Waals surface area contributed by atoms with E-state index in [0.29, 0.717) is 0 Å². The summed E-state index contributed by atoms with van der Waals surface area (Å²) in [6.07, 6.45) is 0. The summed E-state index contributed by atoms with van der Waals surface area (Å²) in [7, 11) is 0. The lowest BCUT2D eigenvalue weighted by Crippen LogP contribution is -2.21. The highest BCUT2D eigenvalue weighted by molar-refractivity contribution is 5.75. The van der Waals surface area contributed by atoms with Crippen molar-refractivity contribution in [2.45, 2.75) is 13.0 Å². The van der Waals surface area contributed by atoms with Gasteiger partial charge in [0.25, 0.3) is 0 Å². The molecular formula is C56H48N6. The highest BCUT2D eigenvalue weighted by Crippen LogP contribution is 2.37. The minimum Gasteiger partial charge on any atom is -0.399 e. The Balaban J connectivity index is 0.864. The molecule has 0 aliphatic heterocycles. The molecule has 0 aliphatic carbocycles. The Kier molecular flexibility index (Phi) is 11.6. The number of nitrogens with zero attached hydrogens (tertiary/aromatic N) is 1. The second-order valence-corrected chi connectivity index (χ2v) is 15.3. The van der Waals surface area contributed by atoms with Gasteiger partial charge in [0.2, 0.25) is 0 Å². The van der Waals surface area contributed by atoms with Crippen LogP contribution in [-0.4, -0.2) is 0 Å². The topological polar surface area (TPSA) is 77.4 Å². The van der Waals surface area contributed by atoms with Crippen LogP contribution in [0.25, 0.3) is 22.3 Å². The first-order chi connectivity index (χ1) is 30.5. The van der Waals surface area contributed by atoms with Gasteiger partial charge in [0, 0.05) is 62.6 Å². The number of anilines is 11. The van der Waals surface area contributed by atoms with Gasteiger partial charge in [0.1, 0.15) is 0 Å². The van der Waals surface area contributed by atoms with Gasteiger partial charge in [0.15, 0.2) is 0 Å². The monoisotopic (exact) mass is 804 g/mol. The third-order valence-electron chi connectivity index (χ3n) is 11.0. The molecular weight excluding hydrogens is 757 g/mol. The summed E-state index contributed by atoms with van der Waals surface area (Å²) in [5, 5.41) is 14.1. The van der Waals surface area contributed by atoms with Crippen molar-refractivity contribution in [2.75, 3.05) is 31.9 Å². The van der Waals surface area contributed by atoms with E-state index in [4.69, 9.17) is 5.73 Å². The molecule has 62 heavy (non-hydrogen) atoms. The van der Waals surface area contributed by atoms with E-state index in [1.807, 2.05) is 48.5 Å². The average Bonchev–Trinajstić information content (AvgIpc) is 3.32. The van der Waals surface area contributed by atoms with E-state index in [0.717, 1.165) is 62.6 Å². The van der Waals surface area contributed by atoms with Gasteiger partial charge < -0.3 is 31.9 Å². The Morgan fingerprint density at radius 2 is 0.565 bits per heavy atom. The van der Waals surface area contributed by atoms with Crippen molar-refractivity contribution in [3.05, 3.63) is 236 Å².